The number of hydrogen-bond donors (Lipinski definition) is 1. The van der Waals surface area contributed by atoms with E-state index < -0.39 is 0 Å². The van der Waals surface area contributed by atoms with Gasteiger partial charge in [0.15, 0.2) is 0 Å². The second-order valence-corrected chi connectivity index (χ2v) is 5.64. The first-order valence-corrected chi connectivity index (χ1v) is 7.31. The molecule has 1 N–H and O–H groups in total. The van der Waals surface area contributed by atoms with Crippen molar-refractivity contribution in [2.45, 2.75) is 45.1 Å². The lowest BCUT2D eigenvalue weighted by Crippen LogP contribution is -2.38. The van der Waals surface area contributed by atoms with E-state index in [1.807, 2.05) is 13.0 Å². The normalized spacial score (nSPS) is 18.7. The molecule has 4 nitrogen and oxygen atoms in total. The summed E-state index contributed by atoms with van der Waals surface area (Å²) in [5, 5.41) is 0. The second-order valence-electron chi connectivity index (χ2n) is 5.22. The largest absolute Gasteiger partial charge is 0.381 e. The summed E-state index contributed by atoms with van der Waals surface area (Å²) >= 11 is 5.29. The Hall–Kier alpha value is -0.780. The Bertz CT molecular complexity index is 473. The Balaban J connectivity index is 2.43. The van der Waals surface area contributed by atoms with Crippen LogP contribution in [0.4, 0.5) is 0 Å². The number of ether oxygens (including phenoxy) is 2. The van der Waals surface area contributed by atoms with E-state index in [4.69, 9.17) is 21.7 Å². The number of H-pyrrole nitrogens is 1. The average molecular weight is 282 g/mol. The molecule has 0 saturated carbocycles. The van der Waals surface area contributed by atoms with E-state index in [2.05, 4.69) is 23.8 Å². The van der Waals surface area contributed by atoms with Crippen molar-refractivity contribution in [1.29, 1.82) is 0 Å². The molecule has 0 bridgehead atoms. The lowest BCUT2D eigenvalue weighted by atomic mass is 9.92. The molecule has 0 radical (unpaired) electrons. The molecule has 0 unspecified atom stereocenters. The van der Waals surface area contributed by atoms with Crippen molar-refractivity contribution in [3.05, 3.63) is 22.2 Å². The minimum Gasteiger partial charge on any atom is -0.381 e. The molecule has 0 amide bonds. The molecule has 1 aliphatic heterocycles. The Morgan fingerprint density at radius 3 is 2.74 bits per heavy atom. The molecule has 1 aliphatic rings. The number of aromatic nitrogens is 2. The molecule has 0 spiro atoms. The maximum atomic E-state index is 6.03. The van der Waals surface area contributed by atoms with Crippen LogP contribution in [0.1, 0.15) is 51.0 Å². The van der Waals surface area contributed by atoms with Gasteiger partial charge >= 0.3 is 0 Å². The van der Waals surface area contributed by atoms with Crippen LogP contribution >= 0.6 is 12.2 Å². The summed E-state index contributed by atoms with van der Waals surface area (Å²) < 4.78 is 12.1. The molecule has 1 aromatic rings. The third-order valence-corrected chi connectivity index (χ3v) is 3.75. The quantitative estimate of drug-likeness (QED) is 0.861. The molecule has 5 heteroatoms. The first kappa shape index (κ1) is 14.6. The molecule has 1 fully saturated rings. The smallest absolute Gasteiger partial charge is 0.140 e. The summed E-state index contributed by atoms with van der Waals surface area (Å²) in [7, 11) is 0. The van der Waals surface area contributed by atoms with Crippen LogP contribution in [0.2, 0.25) is 0 Å². The van der Waals surface area contributed by atoms with Gasteiger partial charge in [0.1, 0.15) is 16.1 Å². The SMILES string of the molecule is CCOC1(c2nc(=S)cc(C(C)C)[nH]2)CCOCC1. The minimum atomic E-state index is -0.370. The molecule has 2 rings (SSSR count). The lowest BCUT2D eigenvalue weighted by Gasteiger charge is -2.36. The number of rotatable bonds is 4. The van der Waals surface area contributed by atoms with Gasteiger partial charge in [0.2, 0.25) is 0 Å². The van der Waals surface area contributed by atoms with E-state index in [0.29, 0.717) is 30.4 Å². The van der Waals surface area contributed by atoms with Crippen molar-refractivity contribution < 1.29 is 9.47 Å². The Labute approximate surface area is 119 Å². The highest BCUT2D eigenvalue weighted by molar-refractivity contribution is 7.71. The van der Waals surface area contributed by atoms with Crippen LogP contribution < -0.4 is 0 Å². The van der Waals surface area contributed by atoms with Gasteiger partial charge in [-0.2, -0.15) is 0 Å². The molecule has 1 saturated heterocycles. The zero-order valence-corrected chi connectivity index (χ0v) is 12.7. The molecule has 1 aromatic heterocycles. The van der Waals surface area contributed by atoms with Crippen LogP contribution in [0.5, 0.6) is 0 Å². The number of nitrogens with zero attached hydrogens (tertiary/aromatic N) is 1. The highest BCUT2D eigenvalue weighted by atomic mass is 32.1. The van der Waals surface area contributed by atoms with E-state index in [9.17, 15) is 0 Å². The lowest BCUT2D eigenvalue weighted by molar-refractivity contribution is -0.118. The van der Waals surface area contributed by atoms with Gasteiger partial charge in [0, 0.05) is 38.4 Å². The van der Waals surface area contributed by atoms with Crippen LogP contribution in [0.3, 0.4) is 0 Å². The third-order valence-electron chi connectivity index (χ3n) is 3.54. The fourth-order valence-corrected chi connectivity index (χ4v) is 2.65. The van der Waals surface area contributed by atoms with Crippen molar-refractivity contribution in [3.8, 4) is 0 Å². The number of nitrogens with one attached hydrogen (secondary N) is 1. The summed E-state index contributed by atoms with van der Waals surface area (Å²) in [4.78, 5) is 7.93. The monoisotopic (exact) mass is 282 g/mol. The first-order chi connectivity index (χ1) is 9.07. The molecule has 2 heterocycles. The van der Waals surface area contributed by atoms with E-state index in [1.54, 1.807) is 0 Å². The molecule has 106 valence electrons. The summed E-state index contributed by atoms with van der Waals surface area (Å²) in [5.74, 6) is 1.25. The standard InChI is InChI=1S/C14H22N2O2S/c1-4-18-14(5-7-17-8-6-14)13-15-11(10(2)3)9-12(19)16-13/h9-10H,4-8H2,1-3H3,(H,15,16,19). The maximum Gasteiger partial charge on any atom is 0.140 e. The van der Waals surface area contributed by atoms with Crippen molar-refractivity contribution in [3.63, 3.8) is 0 Å². The fourth-order valence-electron chi connectivity index (χ4n) is 2.43. The van der Waals surface area contributed by atoms with Gasteiger partial charge in [-0.15, -0.1) is 0 Å². The van der Waals surface area contributed by atoms with Gasteiger partial charge < -0.3 is 14.5 Å². The molecular weight excluding hydrogens is 260 g/mol. The third kappa shape index (κ3) is 3.22. The Morgan fingerprint density at radius 2 is 2.16 bits per heavy atom. The highest BCUT2D eigenvalue weighted by Crippen LogP contribution is 2.34. The molecule has 19 heavy (non-hydrogen) atoms. The summed E-state index contributed by atoms with van der Waals surface area (Å²) in [6.45, 7) is 8.36. The van der Waals surface area contributed by atoms with Crippen LogP contribution in [0.25, 0.3) is 0 Å². The molecule has 0 aromatic carbocycles. The van der Waals surface area contributed by atoms with Crippen molar-refractivity contribution >= 4 is 12.2 Å². The van der Waals surface area contributed by atoms with Crippen LogP contribution in [0, 0.1) is 4.64 Å². The topological polar surface area (TPSA) is 47.1 Å². The van der Waals surface area contributed by atoms with E-state index in [1.165, 1.54) is 0 Å². The predicted molar refractivity (Wildman–Crippen MR) is 76.9 cm³/mol. The molecule has 0 aliphatic carbocycles. The number of aromatic amines is 1. The van der Waals surface area contributed by atoms with E-state index in [0.717, 1.165) is 24.4 Å². The molecule has 0 atom stereocenters. The zero-order valence-electron chi connectivity index (χ0n) is 11.9. The number of hydrogen-bond acceptors (Lipinski definition) is 4. The van der Waals surface area contributed by atoms with E-state index >= 15 is 0 Å². The summed E-state index contributed by atoms with van der Waals surface area (Å²) in [6.07, 6.45) is 1.64. The second kappa shape index (κ2) is 6.11. The van der Waals surface area contributed by atoms with Crippen LogP contribution in [-0.4, -0.2) is 29.8 Å². The van der Waals surface area contributed by atoms with Crippen LogP contribution in [0.15, 0.2) is 6.07 Å². The van der Waals surface area contributed by atoms with Gasteiger partial charge in [-0.05, 0) is 18.9 Å². The van der Waals surface area contributed by atoms with Crippen LogP contribution in [-0.2, 0) is 15.1 Å². The Kier molecular flexibility index (Phi) is 4.71. The Morgan fingerprint density at radius 1 is 1.47 bits per heavy atom. The minimum absolute atomic E-state index is 0.370. The van der Waals surface area contributed by atoms with Crippen molar-refractivity contribution in [2.75, 3.05) is 19.8 Å². The highest BCUT2D eigenvalue weighted by Gasteiger charge is 2.37. The van der Waals surface area contributed by atoms with Gasteiger partial charge in [0.25, 0.3) is 0 Å². The van der Waals surface area contributed by atoms with Gasteiger partial charge in [0.05, 0.1) is 0 Å². The van der Waals surface area contributed by atoms with Gasteiger partial charge in [-0.3, -0.25) is 0 Å². The first-order valence-electron chi connectivity index (χ1n) is 6.91. The van der Waals surface area contributed by atoms with Crippen molar-refractivity contribution in [2.24, 2.45) is 0 Å². The predicted octanol–water partition coefficient (Wildman–Crippen LogP) is 3.30. The maximum absolute atomic E-state index is 6.03. The van der Waals surface area contributed by atoms with E-state index in [-0.39, 0.29) is 5.60 Å². The van der Waals surface area contributed by atoms with Gasteiger partial charge in [-0.25, -0.2) is 4.98 Å². The van der Waals surface area contributed by atoms with Crippen molar-refractivity contribution in [1.82, 2.24) is 9.97 Å². The average Bonchev–Trinajstić information content (AvgIpc) is 2.39. The molecular formula is C14H22N2O2S. The fraction of sp³-hybridized carbons (Fsp3) is 0.714. The summed E-state index contributed by atoms with van der Waals surface area (Å²) in [5.41, 5.74) is 0.742. The zero-order chi connectivity index (χ0) is 13.9. The van der Waals surface area contributed by atoms with Gasteiger partial charge in [-0.1, -0.05) is 26.1 Å². The summed E-state index contributed by atoms with van der Waals surface area (Å²) in [6, 6.07) is 1.93.